The number of urea groups is 1. The van der Waals surface area contributed by atoms with Crippen molar-refractivity contribution in [2.75, 3.05) is 24.7 Å². The molecule has 5 N–H and O–H groups in total. The van der Waals surface area contributed by atoms with Gasteiger partial charge in [-0.05, 0) is 61.7 Å². The molecule has 0 aromatic heterocycles. The fraction of sp³-hybridized carbons (Fsp3) is 0.370. The topological polar surface area (TPSA) is 177 Å². The van der Waals surface area contributed by atoms with Gasteiger partial charge < -0.3 is 25.6 Å². The van der Waals surface area contributed by atoms with Gasteiger partial charge in [-0.25, -0.2) is 9.69 Å². The van der Waals surface area contributed by atoms with Crippen LogP contribution in [0.25, 0.3) is 0 Å². The summed E-state index contributed by atoms with van der Waals surface area (Å²) in [6.07, 6.45) is 0.134. The highest BCUT2D eigenvalue weighted by molar-refractivity contribution is 6.24. The molecule has 2 fully saturated rings. The third kappa shape index (κ3) is 4.46. The van der Waals surface area contributed by atoms with Crippen LogP contribution >= 0.6 is 0 Å². The van der Waals surface area contributed by atoms with Gasteiger partial charge in [-0.3, -0.25) is 24.5 Å². The summed E-state index contributed by atoms with van der Waals surface area (Å²) in [7, 11) is 0. The summed E-state index contributed by atoms with van der Waals surface area (Å²) < 4.78 is 11.3. The predicted octanol–water partition coefficient (Wildman–Crippen LogP) is 1.38. The van der Waals surface area contributed by atoms with Crippen LogP contribution in [0.1, 0.15) is 41.7 Å². The van der Waals surface area contributed by atoms with E-state index in [4.69, 9.17) is 15.2 Å². The van der Waals surface area contributed by atoms with Gasteiger partial charge in [0.2, 0.25) is 11.8 Å². The molecule has 39 heavy (non-hydrogen) atoms. The van der Waals surface area contributed by atoms with Crippen molar-refractivity contribution >= 4 is 35.3 Å². The molecule has 0 saturated carbocycles. The highest BCUT2D eigenvalue weighted by atomic mass is 16.6. The van der Waals surface area contributed by atoms with E-state index < -0.39 is 47.2 Å². The first kappa shape index (κ1) is 26.2. The quantitative estimate of drug-likeness (QED) is 0.220. The Balaban J connectivity index is 1.56. The molecule has 2 aromatic rings. The summed E-state index contributed by atoms with van der Waals surface area (Å²) in [4.78, 5) is 64.5. The number of aliphatic carboxylic acids is 1. The molecule has 0 spiro atoms. The van der Waals surface area contributed by atoms with Gasteiger partial charge in [0, 0.05) is 18.2 Å². The number of hydrogen-bond donors (Lipinski definition) is 4. The monoisotopic (exact) mass is 536 g/mol. The average molecular weight is 537 g/mol. The fourth-order valence-corrected chi connectivity index (χ4v) is 5.75. The van der Waals surface area contributed by atoms with Crippen LogP contribution in [-0.2, 0) is 14.4 Å². The molecule has 5 rings (SSSR count). The average Bonchev–Trinajstić information content (AvgIpc) is 3.40. The second kappa shape index (κ2) is 10.0. The first-order valence-electron chi connectivity index (χ1n) is 12.6. The standard InChI is InChI=1S/C27H28N4O8/c1-14(32)15-3-6-17(7-4-15)31-23(33)20-21(24(31)34)27(25(35)36,9-2-10-29-26(28)37)30-22(20)16-5-8-18-19(13-16)39-12-11-38-18/h3-8,13,20-22,30H,2,9-12H2,1H3,(H,35,36)(H3,28,29,37). The third-order valence-electron chi connectivity index (χ3n) is 7.54. The first-order valence-corrected chi connectivity index (χ1v) is 12.6. The number of nitrogens with zero attached hydrogens (tertiary/aromatic N) is 1. The number of carbonyl (C=O) groups is 5. The predicted molar refractivity (Wildman–Crippen MR) is 136 cm³/mol. The maximum absolute atomic E-state index is 13.9. The second-order valence-corrected chi connectivity index (χ2v) is 9.81. The van der Waals surface area contributed by atoms with Gasteiger partial charge in [0.15, 0.2) is 17.3 Å². The molecular formula is C27H28N4O8. The van der Waals surface area contributed by atoms with E-state index in [0.717, 1.165) is 4.90 Å². The Labute approximate surface area is 223 Å². The van der Waals surface area contributed by atoms with Crippen molar-refractivity contribution in [2.45, 2.75) is 31.3 Å². The van der Waals surface area contributed by atoms with Crippen molar-refractivity contribution in [1.29, 1.82) is 0 Å². The van der Waals surface area contributed by atoms with Crippen LogP contribution in [0, 0.1) is 11.8 Å². The number of ether oxygens (including phenoxy) is 2. The number of carboxylic acids is 1. The van der Waals surface area contributed by atoms with Crippen molar-refractivity contribution in [1.82, 2.24) is 10.6 Å². The Morgan fingerprint density at radius 3 is 2.41 bits per heavy atom. The van der Waals surface area contributed by atoms with Gasteiger partial charge in [-0.1, -0.05) is 6.07 Å². The van der Waals surface area contributed by atoms with E-state index in [0.29, 0.717) is 35.8 Å². The molecule has 12 nitrogen and oxygen atoms in total. The summed E-state index contributed by atoms with van der Waals surface area (Å²) in [6.45, 7) is 2.23. The lowest BCUT2D eigenvalue weighted by atomic mass is 9.77. The van der Waals surface area contributed by atoms with E-state index in [2.05, 4.69) is 10.6 Å². The van der Waals surface area contributed by atoms with Crippen molar-refractivity contribution < 1.29 is 38.6 Å². The minimum atomic E-state index is -1.80. The zero-order valence-electron chi connectivity index (χ0n) is 21.1. The van der Waals surface area contributed by atoms with Gasteiger partial charge >= 0.3 is 12.0 Å². The van der Waals surface area contributed by atoms with Crippen LogP contribution in [0.5, 0.6) is 11.5 Å². The molecule has 2 aromatic carbocycles. The summed E-state index contributed by atoms with van der Waals surface area (Å²) in [5.74, 6) is -3.94. The minimum absolute atomic E-state index is 0.0546. The highest BCUT2D eigenvalue weighted by Crippen LogP contribution is 2.52. The number of imide groups is 1. The van der Waals surface area contributed by atoms with E-state index in [9.17, 15) is 29.1 Å². The van der Waals surface area contributed by atoms with E-state index in [1.807, 2.05) is 0 Å². The summed E-state index contributed by atoms with van der Waals surface area (Å²) in [5.41, 5.74) is 4.57. The molecule has 4 atom stereocenters. The number of rotatable bonds is 8. The maximum Gasteiger partial charge on any atom is 0.324 e. The lowest BCUT2D eigenvalue weighted by molar-refractivity contribution is -0.149. The first-order chi connectivity index (χ1) is 18.6. The number of carbonyl (C=O) groups excluding carboxylic acids is 4. The smallest absolute Gasteiger partial charge is 0.324 e. The number of nitrogens with two attached hydrogens (primary N) is 1. The third-order valence-corrected chi connectivity index (χ3v) is 7.54. The highest BCUT2D eigenvalue weighted by Gasteiger charge is 2.68. The number of hydrogen-bond acceptors (Lipinski definition) is 8. The minimum Gasteiger partial charge on any atom is -0.486 e. The Kier molecular flexibility index (Phi) is 6.73. The Morgan fingerprint density at radius 2 is 1.77 bits per heavy atom. The molecule has 204 valence electrons. The van der Waals surface area contributed by atoms with Crippen LogP contribution < -0.4 is 30.7 Å². The molecule has 0 aliphatic carbocycles. The Hall–Kier alpha value is -4.45. The summed E-state index contributed by atoms with van der Waals surface area (Å²) in [5, 5.41) is 16.0. The van der Waals surface area contributed by atoms with Crippen LogP contribution in [0.3, 0.4) is 0 Å². The zero-order chi connectivity index (χ0) is 27.9. The Bertz CT molecular complexity index is 1360. The number of amides is 4. The van der Waals surface area contributed by atoms with Gasteiger partial charge in [0.05, 0.1) is 17.5 Å². The maximum atomic E-state index is 13.9. The molecule has 3 aliphatic rings. The van der Waals surface area contributed by atoms with Gasteiger partial charge in [-0.2, -0.15) is 0 Å². The number of primary amides is 1. The van der Waals surface area contributed by atoms with E-state index >= 15 is 0 Å². The van der Waals surface area contributed by atoms with Crippen molar-refractivity contribution in [2.24, 2.45) is 17.6 Å². The molecule has 3 heterocycles. The van der Waals surface area contributed by atoms with Crippen LogP contribution in [0.2, 0.25) is 0 Å². The molecule has 12 heteroatoms. The number of ketones is 1. The largest absolute Gasteiger partial charge is 0.486 e. The van der Waals surface area contributed by atoms with Crippen molar-refractivity contribution in [3.8, 4) is 11.5 Å². The molecule has 0 radical (unpaired) electrons. The van der Waals surface area contributed by atoms with Crippen molar-refractivity contribution in [3.05, 3.63) is 53.6 Å². The van der Waals surface area contributed by atoms with Gasteiger partial charge in [0.25, 0.3) is 0 Å². The molecule has 4 amide bonds. The Morgan fingerprint density at radius 1 is 1.08 bits per heavy atom. The number of fused-ring (bicyclic) bond motifs is 2. The van der Waals surface area contributed by atoms with E-state index in [1.165, 1.54) is 31.2 Å². The lowest BCUT2D eigenvalue weighted by Gasteiger charge is -2.31. The SMILES string of the molecule is CC(=O)c1ccc(N2C(=O)C3C(c4ccc5c(c4)OCCO5)NC(CCCNC(N)=O)(C(=O)O)C3C2=O)cc1. The number of carboxylic acid groups (broad SMARTS) is 1. The van der Waals surface area contributed by atoms with Gasteiger partial charge in [0.1, 0.15) is 18.8 Å². The molecule has 4 unspecified atom stereocenters. The number of benzene rings is 2. The van der Waals surface area contributed by atoms with Gasteiger partial charge in [-0.15, -0.1) is 0 Å². The fourth-order valence-electron chi connectivity index (χ4n) is 5.75. The van der Waals surface area contributed by atoms with E-state index in [-0.39, 0.29) is 30.9 Å². The number of anilines is 1. The summed E-state index contributed by atoms with van der Waals surface area (Å²) >= 11 is 0. The number of nitrogens with one attached hydrogen (secondary N) is 2. The van der Waals surface area contributed by atoms with E-state index in [1.54, 1.807) is 18.2 Å². The van der Waals surface area contributed by atoms with Crippen LogP contribution in [-0.4, -0.2) is 60.0 Å². The summed E-state index contributed by atoms with van der Waals surface area (Å²) in [6, 6.07) is 9.55. The normalized spacial score (nSPS) is 25.4. The molecule has 2 saturated heterocycles. The van der Waals surface area contributed by atoms with Crippen LogP contribution in [0.15, 0.2) is 42.5 Å². The molecule has 0 bridgehead atoms. The zero-order valence-corrected chi connectivity index (χ0v) is 21.1. The van der Waals surface area contributed by atoms with Crippen molar-refractivity contribution in [3.63, 3.8) is 0 Å². The van der Waals surface area contributed by atoms with Crippen LogP contribution in [0.4, 0.5) is 10.5 Å². The molecular weight excluding hydrogens is 508 g/mol. The molecule has 3 aliphatic heterocycles. The number of Topliss-reactive ketones (excluding diaryl/α,β-unsaturated/α-hetero) is 1. The lowest BCUT2D eigenvalue weighted by Crippen LogP contribution is -2.56. The second-order valence-electron chi connectivity index (χ2n) is 9.81.